The zero-order valence-corrected chi connectivity index (χ0v) is 28.4. The summed E-state index contributed by atoms with van der Waals surface area (Å²) >= 11 is 0. The molecule has 49 heavy (non-hydrogen) atoms. The molecule has 0 radical (unpaired) electrons. The lowest BCUT2D eigenvalue weighted by molar-refractivity contribution is -0.114. The Hall–Kier alpha value is -4.71. The molecule has 0 saturated carbocycles. The monoisotopic (exact) mass is 659 g/mol. The Balaban J connectivity index is 1.11. The van der Waals surface area contributed by atoms with Gasteiger partial charge in [-0.3, -0.25) is 14.7 Å². The van der Waals surface area contributed by atoms with Gasteiger partial charge in [-0.1, -0.05) is 62.4 Å². The van der Waals surface area contributed by atoms with Crippen molar-refractivity contribution in [2.45, 2.75) is 51.6 Å². The maximum Gasteiger partial charge on any atom is 0.230 e. The van der Waals surface area contributed by atoms with Crippen LogP contribution in [0.25, 0.3) is 27.7 Å². The maximum absolute atomic E-state index is 12.8. The minimum Gasteiger partial charge on any atom is -0.379 e. The molecular formula is C38H45N9O2. The highest BCUT2D eigenvalue weighted by molar-refractivity contribution is 5.97. The van der Waals surface area contributed by atoms with Crippen molar-refractivity contribution in [2.75, 3.05) is 56.2 Å². The van der Waals surface area contributed by atoms with Crippen molar-refractivity contribution in [1.82, 2.24) is 29.5 Å². The van der Waals surface area contributed by atoms with Crippen LogP contribution in [-0.4, -0.2) is 87.2 Å². The molecule has 2 aliphatic heterocycles. The zero-order valence-electron chi connectivity index (χ0n) is 28.4. The average molecular weight is 660 g/mol. The fourth-order valence-electron chi connectivity index (χ4n) is 6.65. The van der Waals surface area contributed by atoms with Crippen molar-refractivity contribution in [3.8, 4) is 11.3 Å². The van der Waals surface area contributed by atoms with Gasteiger partial charge in [-0.2, -0.15) is 19.6 Å². The highest BCUT2D eigenvalue weighted by atomic mass is 16.5. The topological polar surface area (TPSA) is 127 Å². The summed E-state index contributed by atoms with van der Waals surface area (Å²) < 4.78 is 7.22. The van der Waals surface area contributed by atoms with E-state index in [4.69, 9.17) is 25.4 Å². The molecule has 3 aromatic heterocycles. The van der Waals surface area contributed by atoms with Crippen molar-refractivity contribution >= 4 is 34.1 Å². The SMILES string of the molecule is CC(C)c1cnn2c(NCc3ccccc3-c3nccc4cc(CC(=O)/C=C/CN5CCOCC5)ccc34)nc(N3CCC(N)CC3)nc12. The van der Waals surface area contributed by atoms with E-state index in [-0.39, 0.29) is 17.7 Å². The van der Waals surface area contributed by atoms with Gasteiger partial charge in [0.2, 0.25) is 11.9 Å². The number of aromatic nitrogens is 5. The van der Waals surface area contributed by atoms with Crippen LogP contribution in [0.3, 0.4) is 0 Å². The molecule has 0 atom stereocenters. The Bertz CT molecular complexity index is 1960. The van der Waals surface area contributed by atoms with Crippen LogP contribution in [0.15, 0.2) is 73.1 Å². The summed E-state index contributed by atoms with van der Waals surface area (Å²) in [6, 6.07) is 16.8. The molecule has 2 saturated heterocycles. The number of hydrogen-bond donors (Lipinski definition) is 2. The molecule has 2 aromatic carbocycles. The first-order valence-electron chi connectivity index (χ1n) is 17.4. The van der Waals surface area contributed by atoms with Gasteiger partial charge in [-0.25, -0.2) is 0 Å². The number of hydrogen-bond acceptors (Lipinski definition) is 10. The second kappa shape index (κ2) is 14.8. The highest BCUT2D eigenvalue weighted by Gasteiger charge is 2.22. The number of piperidine rings is 1. The second-order valence-electron chi connectivity index (χ2n) is 13.3. The summed E-state index contributed by atoms with van der Waals surface area (Å²) in [5, 5.41) is 10.4. The van der Waals surface area contributed by atoms with E-state index in [0.29, 0.717) is 24.9 Å². The van der Waals surface area contributed by atoms with Crippen LogP contribution in [-0.2, 0) is 22.5 Å². The first-order valence-corrected chi connectivity index (χ1v) is 17.4. The number of fused-ring (bicyclic) bond motifs is 2. The number of ketones is 1. The van der Waals surface area contributed by atoms with E-state index in [1.807, 2.05) is 47.3 Å². The molecule has 5 heterocycles. The summed E-state index contributed by atoms with van der Waals surface area (Å²) in [4.78, 5) is 32.1. The van der Waals surface area contributed by atoms with Gasteiger partial charge >= 0.3 is 0 Å². The first kappa shape index (κ1) is 32.8. The number of nitrogens with one attached hydrogen (secondary N) is 1. The molecule has 11 nitrogen and oxygen atoms in total. The van der Waals surface area contributed by atoms with Gasteiger partial charge in [0.15, 0.2) is 11.4 Å². The van der Waals surface area contributed by atoms with Crippen LogP contribution in [0.4, 0.5) is 11.9 Å². The van der Waals surface area contributed by atoms with Crippen LogP contribution >= 0.6 is 0 Å². The molecule has 0 unspecified atom stereocenters. The van der Waals surface area contributed by atoms with E-state index in [2.05, 4.69) is 58.3 Å². The van der Waals surface area contributed by atoms with E-state index in [1.54, 1.807) is 6.08 Å². The number of rotatable bonds is 11. The number of morpholine rings is 1. The zero-order chi connectivity index (χ0) is 33.7. The number of benzene rings is 2. The number of carbonyl (C=O) groups is 1. The molecule has 3 N–H and O–H groups in total. The van der Waals surface area contributed by atoms with Gasteiger partial charge in [0.1, 0.15) is 0 Å². The van der Waals surface area contributed by atoms with Crippen molar-refractivity contribution in [3.63, 3.8) is 0 Å². The quantitative estimate of drug-likeness (QED) is 0.187. The third kappa shape index (κ3) is 7.49. The number of pyridine rings is 1. The van der Waals surface area contributed by atoms with E-state index < -0.39 is 0 Å². The Kier molecular flexibility index (Phi) is 9.92. The maximum atomic E-state index is 12.8. The minimum atomic E-state index is 0.0989. The number of nitrogens with two attached hydrogens (primary N) is 1. The van der Waals surface area contributed by atoms with E-state index in [0.717, 1.165) is 103 Å². The molecule has 254 valence electrons. The molecular weight excluding hydrogens is 614 g/mol. The lowest BCUT2D eigenvalue weighted by Crippen LogP contribution is -2.40. The highest BCUT2D eigenvalue weighted by Crippen LogP contribution is 2.31. The van der Waals surface area contributed by atoms with Crippen molar-refractivity contribution in [2.24, 2.45) is 5.73 Å². The van der Waals surface area contributed by atoms with Crippen LogP contribution in [0.2, 0.25) is 0 Å². The van der Waals surface area contributed by atoms with Gasteiger partial charge in [-0.05, 0) is 47.4 Å². The van der Waals surface area contributed by atoms with Crippen LogP contribution in [0.5, 0.6) is 0 Å². The predicted molar refractivity (Wildman–Crippen MR) is 194 cm³/mol. The number of ether oxygens (including phenoxy) is 1. The van der Waals surface area contributed by atoms with Gasteiger partial charge in [0, 0.05) is 74.4 Å². The number of nitrogens with zero attached hydrogens (tertiary/aromatic N) is 7. The largest absolute Gasteiger partial charge is 0.379 e. The molecule has 5 aromatic rings. The van der Waals surface area contributed by atoms with Crippen molar-refractivity contribution in [1.29, 1.82) is 0 Å². The Morgan fingerprint density at radius 1 is 1.06 bits per heavy atom. The number of anilines is 2. The fourth-order valence-corrected chi connectivity index (χ4v) is 6.65. The summed E-state index contributed by atoms with van der Waals surface area (Å²) in [6.07, 6.45) is 9.62. The fraction of sp³-hybridized carbons (Fsp3) is 0.395. The van der Waals surface area contributed by atoms with E-state index in [1.165, 1.54) is 0 Å². The number of allylic oxidation sites excluding steroid dienone is 1. The Labute approximate surface area is 287 Å². The Morgan fingerprint density at radius 3 is 2.69 bits per heavy atom. The second-order valence-corrected chi connectivity index (χ2v) is 13.3. The summed E-state index contributed by atoms with van der Waals surface area (Å²) in [7, 11) is 0. The van der Waals surface area contributed by atoms with Crippen molar-refractivity contribution in [3.05, 3.63) is 89.8 Å². The van der Waals surface area contributed by atoms with Crippen LogP contribution in [0.1, 0.15) is 49.3 Å². The molecule has 0 amide bonds. The lowest BCUT2D eigenvalue weighted by Gasteiger charge is -2.30. The molecule has 2 aliphatic rings. The average Bonchev–Trinajstić information content (AvgIpc) is 3.56. The summed E-state index contributed by atoms with van der Waals surface area (Å²) in [5.74, 6) is 1.73. The summed E-state index contributed by atoms with van der Waals surface area (Å²) in [6.45, 7) is 10.6. The van der Waals surface area contributed by atoms with Gasteiger partial charge < -0.3 is 20.7 Å². The third-order valence-electron chi connectivity index (χ3n) is 9.52. The minimum absolute atomic E-state index is 0.0989. The van der Waals surface area contributed by atoms with Crippen LogP contribution in [0, 0.1) is 0 Å². The van der Waals surface area contributed by atoms with Gasteiger partial charge in [0.25, 0.3) is 0 Å². The molecule has 0 bridgehead atoms. The van der Waals surface area contributed by atoms with Crippen molar-refractivity contribution < 1.29 is 9.53 Å². The van der Waals surface area contributed by atoms with E-state index >= 15 is 0 Å². The number of carbonyl (C=O) groups excluding carboxylic acids is 1. The van der Waals surface area contributed by atoms with Gasteiger partial charge in [-0.15, -0.1) is 0 Å². The summed E-state index contributed by atoms with van der Waals surface area (Å²) in [5.41, 5.74) is 12.1. The predicted octanol–water partition coefficient (Wildman–Crippen LogP) is 5.00. The third-order valence-corrected chi connectivity index (χ3v) is 9.52. The molecule has 0 aliphatic carbocycles. The molecule has 7 rings (SSSR count). The lowest BCUT2D eigenvalue weighted by atomic mass is 9.97. The standard InChI is InChI=1S/C38H45N9O2/c1-26(2)34-25-42-47-36(34)43-38(46-16-12-30(39)13-17-46)44-37(47)41-24-29-6-3-4-8-32(29)35-33-10-9-27(22-28(33)11-14-40-35)23-31(48)7-5-15-45-18-20-49-21-19-45/h3-11,14,22,25-26,30H,12-13,15-21,23-24,39H2,1-2H3,(H,41,43,44)/b7-5+. The van der Waals surface area contributed by atoms with E-state index in [9.17, 15) is 4.79 Å². The first-order chi connectivity index (χ1) is 23.9. The van der Waals surface area contributed by atoms with Gasteiger partial charge in [0.05, 0.1) is 25.1 Å². The Morgan fingerprint density at radius 2 is 1.88 bits per heavy atom. The smallest absolute Gasteiger partial charge is 0.230 e. The van der Waals surface area contributed by atoms with Crippen LogP contribution < -0.4 is 16.0 Å². The molecule has 2 fully saturated rings. The molecule has 11 heteroatoms. The molecule has 0 spiro atoms. The normalized spacial score (nSPS) is 16.4.